The van der Waals surface area contributed by atoms with E-state index in [9.17, 15) is 13.2 Å². The van der Waals surface area contributed by atoms with E-state index in [1.807, 2.05) is 0 Å². The molecular formula is C15H22N2O3S. The molecule has 1 heterocycles. The Morgan fingerprint density at radius 3 is 2.52 bits per heavy atom. The number of nitrogens with two attached hydrogens (primary N) is 1. The molecule has 0 unspecified atom stereocenters. The summed E-state index contributed by atoms with van der Waals surface area (Å²) in [6, 6.07) is 4.33. The molecular weight excluding hydrogens is 288 g/mol. The Morgan fingerprint density at radius 2 is 1.95 bits per heavy atom. The van der Waals surface area contributed by atoms with Crippen molar-refractivity contribution in [2.75, 3.05) is 25.1 Å². The molecule has 116 valence electrons. The molecule has 0 aliphatic carbocycles. The van der Waals surface area contributed by atoms with E-state index >= 15 is 0 Å². The molecule has 1 aliphatic heterocycles. The molecule has 1 fully saturated rings. The maximum atomic E-state index is 12.6. The van der Waals surface area contributed by atoms with Crippen molar-refractivity contribution in [3.63, 3.8) is 0 Å². The maximum absolute atomic E-state index is 12.6. The topological polar surface area (TPSA) is 80.5 Å². The normalized spacial score (nSPS) is 18.5. The number of hydrogen-bond donors (Lipinski definition) is 1. The van der Waals surface area contributed by atoms with Crippen LogP contribution in [0.1, 0.15) is 37.0 Å². The van der Waals surface area contributed by atoms with E-state index in [2.05, 4.69) is 13.8 Å². The Bertz CT molecular complexity index is 665. The molecule has 2 rings (SSSR count). The lowest BCUT2D eigenvalue weighted by Crippen LogP contribution is -2.43. The average Bonchev–Trinajstić information content (AvgIpc) is 2.35. The van der Waals surface area contributed by atoms with Crippen molar-refractivity contribution < 1.29 is 13.2 Å². The van der Waals surface area contributed by atoms with Crippen molar-refractivity contribution in [2.24, 2.45) is 5.41 Å². The SMILES string of the molecule is CC1(C)CCCN(C(=O)c2cc(N)cc(S(C)(=O)=O)c2)C1. The van der Waals surface area contributed by atoms with E-state index in [-0.39, 0.29) is 21.9 Å². The van der Waals surface area contributed by atoms with Crippen molar-refractivity contribution in [1.82, 2.24) is 4.90 Å². The zero-order chi connectivity index (χ0) is 15.8. The van der Waals surface area contributed by atoms with Crippen LogP contribution < -0.4 is 5.73 Å². The van der Waals surface area contributed by atoms with Crippen LogP contribution in [0.5, 0.6) is 0 Å². The molecule has 21 heavy (non-hydrogen) atoms. The van der Waals surface area contributed by atoms with Gasteiger partial charge in [0.15, 0.2) is 9.84 Å². The number of anilines is 1. The van der Waals surface area contributed by atoms with Gasteiger partial charge in [-0.15, -0.1) is 0 Å². The van der Waals surface area contributed by atoms with E-state index < -0.39 is 9.84 Å². The zero-order valence-corrected chi connectivity index (χ0v) is 13.5. The summed E-state index contributed by atoms with van der Waals surface area (Å²) in [4.78, 5) is 14.5. The van der Waals surface area contributed by atoms with Crippen LogP contribution in [0.25, 0.3) is 0 Å². The molecule has 1 amide bonds. The molecule has 5 nitrogen and oxygen atoms in total. The number of hydrogen-bond acceptors (Lipinski definition) is 4. The molecule has 0 aromatic heterocycles. The number of rotatable bonds is 2. The number of likely N-dealkylation sites (tertiary alicyclic amines) is 1. The highest BCUT2D eigenvalue weighted by Crippen LogP contribution is 2.29. The average molecular weight is 310 g/mol. The Hall–Kier alpha value is -1.56. The molecule has 0 bridgehead atoms. The van der Waals surface area contributed by atoms with Crippen LogP contribution in [0, 0.1) is 5.41 Å². The van der Waals surface area contributed by atoms with Crippen molar-refractivity contribution in [1.29, 1.82) is 0 Å². The maximum Gasteiger partial charge on any atom is 0.253 e. The number of sulfone groups is 1. The summed E-state index contributed by atoms with van der Waals surface area (Å²) in [5.74, 6) is -0.153. The zero-order valence-electron chi connectivity index (χ0n) is 12.7. The first-order chi connectivity index (χ1) is 9.58. The van der Waals surface area contributed by atoms with Crippen LogP contribution in [-0.4, -0.2) is 38.6 Å². The molecule has 6 heteroatoms. The van der Waals surface area contributed by atoms with Gasteiger partial charge in [0.1, 0.15) is 0 Å². The summed E-state index contributed by atoms with van der Waals surface area (Å²) in [7, 11) is -3.39. The third-order valence-corrected chi connectivity index (χ3v) is 4.88. The monoisotopic (exact) mass is 310 g/mol. The number of benzene rings is 1. The lowest BCUT2D eigenvalue weighted by Gasteiger charge is -2.38. The number of piperidine rings is 1. The van der Waals surface area contributed by atoms with Crippen molar-refractivity contribution >= 4 is 21.4 Å². The minimum atomic E-state index is -3.39. The lowest BCUT2D eigenvalue weighted by molar-refractivity contribution is 0.0583. The molecule has 1 saturated heterocycles. The van der Waals surface area contributed by atoms with Gasteiger partial charge >= 0.3 is 0 Å². The number of nitrogens with zero attached hydrogens (tertiary/aromatic N) is 1. The summed E-state index contributed by atoms with van der Waals surface area (Å²) < 4.78 is 23.3. The van der Waals surface area contributed by atoms with Crippen LogP contribution in [0.2, 0.25) is 0 Å². The highest BCUT2D eigenvalue weighted by Gasteiger charge is 2.30. The van der Waals surface area contributed by atoms with Gasteiger partial charge < -0.3 is 10.6 Å². The van der Waals surface area contributed by atoms with E-state index in [0.29, 0.717) is 18.7 Å². The van der Waals surface area contributed by atoms with Gasteiger partial charge in [-0.1, -0.05) is 13.8 Å². The van der Waals surface area contributed by atoms with Crippen molar-refractivity contribution in [3.8, 4) is 0 Å². The molecule has 0 atom stereocenters. The molecule has 2 N–H and O–H groups in total. The fraction of sp³-hybridized carbons (Fsp3) is 0.533. The van der Waals surface area contributed by atoms with E-state index in [1.165, 1.54) is 12.1 Å². The molecule has 0 radical (unpaired) electrons. The predicted octanol–water partition coefficient (Wildman–Crippen LogP) is 1.93. The van der Waals surface area contributed by atoms with Crippen LogP contribution in [0.15, 0.2) is 23.1 Å². The van der Waals surface area contributed by atoms with Gasteiger partial charge in [0.25, 0.3) is 5.91 Å². The molecule has 0 saturated carbocycles. The van der Waals surface area contributed by atoms with Gasteiger partial charge in [0.2, 0.25) is 0 Å². The molecule has 1 aromatic rings. The Kier molecular flexibility index (Phi) is 4.02. The minimum absolute atomic E-state index is 0.0853. The first-order valence-corrected chi connectivity index (χ1v) is 8.88. The molecule has 1 aromatic carbocycles. The highest BCUT2D eigenvalue weighted by molar-refractivity contribution is 7.90. The molecule has 0 spiro atoms. The lowest BCUT2D eigenvalue weighted by atomic mass is 9.84. The second-order valence-corrected chi connectivity index (χ2v) is 8.57. The number of carbonyl (C=O) groups is 1. The van der Waals surface area contributed by atoms with Crippen LogP contribution in [0.4, 0.5) is 5.69 Å². The van der Waals surface area contributed by atoms with Crippen molar-refractivity contribution in [3.05, 3.63) is 23.8 Å². The van der Waals surface area contributed by atoms with E-state index in [4.69, 9.17) is 5.73 Å². The third-order valence-electron chi connectivity index (χ3n) is 3.79. The number of carbonyl (C=O) groups excluding carboxylic acids is 1. The predicted molar refractivity (Wildman–Crippen MR) is 82.9 cm³/mol. The number of amides is 1. The highest BCUT2D eigenvalue weighted by atomic mass is 32.2. The fourth-order valence-corrected chi connectivity index (χ4v) is 3.43. The van der Waals surface area contributed by atoms with Crippen LogP contribution in [-0.2, 0) is 9.84 Å². The first kappa shape index (κ1) is 15.8. The molecule has 1 aliphatic rings. The first-order valence-electron chi connectivity index (χ1n) is 6.98. The Labute approximate surface area is 126 Å². The van der Waals surface area contributed by atoms with E-state index in [0.717, 1.165) is 19.1 Å². The number of nitrogen functional groups attached to an aromatic ring is 1. The standard InChI is InChI=1S/C15H22N2O3S/c1-15(2)5-4-6-17(10-15)14(18)11-7-12(16)9-13(8-11)21(3,19)20/h7-9H,4-6,10,16H2,1-3H3. The van der Waals surface area contributed by atoms with Gasteiger partial charge in [-0.05, 0) is 36.5 Å². The second kappa shape index (κ2) is 5.33. The largest absolute Gasteiger partial charge is 0.399 e. The summed E-state index contributed by atoms with van der Waals surface area (Å²) in [5, 5.41) is 0. The van der Waals surface area contributed by atoms with Crippen molar-refractivity contribution in [2.45, 2.75) is 31.6 Å². The van der Waals surface area contributed by atoms with E-state index in [1.54, 1.807) is 11.0 Å². The summed E-state index contributed by atoms with van der Waals surface area (Å²) in [6.07, 6.45) is 3.16. The quantitative estimate of drug-likeness (QED) is 0.846. The third kappa shape index (κ3) is 3.75. The van der Waals surface area contributed by atoms with Gasteiger partial charge in [0, 0.05) is 30.6 Å². The fourth-order valence-electron chi connectivity index (χ4n) is 2.74. The summed E-state index contributed by atoms with van der Waals surface area (Å²) in [6.45, 7) is 5.64. The van der Waals surface area contributed by atoms with Gasteiger partial charge in [-0.25, -0.2) is 8.42 Å². The summed E-state index contributed by atoms with van der Waals surface area (Å²) in [5.41, 5.74) is 6.46. The van der Waals surface area contributed by atoms with Crippen LogP contribution in [0.3, 0.4) is 0 Å². The summed E-state index contributed by atoms with van der Waals surface area (Å²) >= 11 is 0. The van der Waals surface area contributed by atoms with Crippen LogP contribution >= 0.6 is 0 Å². The smallest absolute Gasteiger partial charge is 0.253 e. The van der Waals surface area contributed by atoms with Gasteiger partial charge in [-0.2, -0.15) is 0 Å². The van der Waals surface area contributed by atoms with Gasteiger partial charge in [-0.3, -0.25) is 4.79 Å². The second-order valence-electron chi connectivity index (χ2n) is 6.56. The minimum Gasteiger partial charge on any atom is -0.399 e. The Morgan fingerprint density at radius 1 is 1.29 bits per heavy atom. The van der Waals surface area contributed by atoms with Gasteiger partial charge in [0.05, 0.1) is 4.90 Å². The Balaban J connectivity index is 2.33.